The molecule has 3 heterocycles. The first-order valence-corrected chi connectivity index (χ1v) is 7.16. The number of alkyl halides is 3. The highest BCUT2D eigenvalue weighted by molar-refractivity contribution is 6.33. The summed E-state index contributed by atoms with van der Waals surface area (Å²) in [5.41, 5.74) is -0.852. The minimum Gasteiger partial charge on any atom is -0.346 e. The Morgan fingerprint density at radius 1 is 1.27 bits per heavy atom. The average molecular weight is 332 g/mol. The topological polar surface area (TPSA) is 46.8 Å². The van der Waals surface area contributed by atoms with E-state index >= 15 is 0 Å². The molecule has 0 saturated carbocycles. The molecular weight excluding hydrogens is 319 g/mol. The summed E-state index contributed by atoms with van der Waals surface area (Å²) in [6.45, 7) is 3.67. The lowest BCUT2D eigenvalue weighted by atomic mass is 10.2. The van der Waals surface area contributed by atoms with Crippen molar-refractivity contribution in [1.29, 1.82) is 0 Å². The van der Waals surface area contributed by atoms with Crippen LogP contribution in [0.25, 0.3) is 0 Å². The maximum Gasteiger partial charge on any atom is 0.417 e. The fourth-order valence-electron chi connectivity index (χ4n) is 2.48. The molecule has 2 aromatic heterocycles. The van der Waals surface area contributed by atoms with Crippen molar-refractivity contribution in [3.8, 4) is 0 Å². The van der Waals surface area contributed by atoms with E-state index in [2.05, 4.69) is 15.2 Å². The summed E-state index contributed by atoms with van der Waals surface area (Å²) in [5.74, 6) is 2.00. The van der Waals surface area contributed by atoms with E-state index in [0.29, 0.717) is 25.5 Å². The Hall–Kier alpha value is -1.83. The summed E-state index contributed by atoms with van der Waals surface area (Å²) in [5, 5.41) is 8.19. The molecule has 3 rings (SSSR count). The predicted octanol–water partition coefficient (Wildman–Crippen LogP) is 2.93. The van der Waals surface area contributed by atoms with Crippen LogP contribution >= 0.6 is 11.6 Å². The number of aryl methyl sites for hydroxylation is 1. The molecule has 0 radical (unpaired) electrons. The van der Waals surface area contributed by atoms with Gasteiger partial charge in [-0.3, -0.25) is 0 Å². The van der Waals surface area contributed by atoms with Crippen molar-refractivity contribution in [2.45, 2.75) is 32.6 Å². The smallest absolute Gasteiger partial charge is 0.346 e. The molecule has 9 heteroatoms. The van der Waals surface area contributed by atoms with Crippen molar-refractivity contribution in [1.82, 2.24) is 19.7 Å². The SMILES string of the molecule is CCc1nnc2n1CCN(c1ncc(C(F)(F)F)cc1Cl)C2. The Morgan fingerprint density at radius 3 is 2.68 bits per heavy atom. The van der Waals surface area contributed by atoms with Gasteiger partial charge in [0, 0.05) is 25.7 Å². The van der Waals surface area contributed by atoms with Crippen molar-refractivity contribution in [3.05, 3.63) is 34.5 Å². The van der Waals surface area contributed by atoms with Crippen LogP contribution in [0.15, 0.2) is 12.3 Å². The predicted molar refractivity (Wildman–Crippen MR) is 74.7 cm³/mol. The number of aromatic nitrogens is 4. The van der Waals surface area contributed by atoms with Crippen molar-refractivity contribution >= 4 is 17.4 Å². The first-order valence-electron chi connectivity index (χ1n) is 6.78. The summed E-state index contributed by atoms with van der Waals surface area (Å²) in [6, 6.07) is 0.903. The average Bonchev–Trinajstić information content (AvgIpc) is 2.88. The van der Waals surface area contributed by atoms with Gasteiger partial charge in [-0.15, -0.1) is 10.2 Å². The lowest BCUT2D eigenvalue weighted by Crippen LogP contribution is -2.35. The molecule has 0 fully saturated rings. The summed E-state index contributed by atoms with van der Waals surface area (Å²) < 4.78 is 40.0. The molecule has 0 aliphatic carbocycles. The summed E-state index contributed by atoms with van der Waals surface area (Å²) in [6.07, 6.45) is -2.86. The molecule has 118 valence electrons. The van der Waals surface area contributed by atoms with E-state index in [4.69, 9.17) is 11.6 Å². The van der Waals surface area contributed by atoms with Crippen molar-refractivity contribution in [2.75, 3.05) is 11.4 Å². The Morgan fingerprint density at radius 2 is 2.05 bits per heavy atom. The van der Waals surface area contributed by atoms with Crippen LogP contribution in [0, 0.1) is 0 Å². The van der Waals surface area contributed by atoms with Crippen LogP contribution in [-0.2, 0) is 25.7 Å². The van der Waals surface area contributed by atoms with Crippen LogP contribution in [-0.4, -0.2) is 26.3 Å². The molecule has 0 saturated heterocycles. The van der Waals surface area contributed by atoms with E-state index in [0.717, 1.165) is 30.3 Å². The van der Waals surface area contributed by atoms with Crippen molar-refractivity contribution in [2.24, 2.45) is 0 Å². The highest BCUT2D eigenvalue weighted by Gasteiger charge is 2.32. The molecule has 0 amide bonds. The minimum atomic E-state index is -4.45. The molecule has 5 nitrogen and oxygen atoms in total. The number of anilines is 1. The van der Waals surface area contributed by atoms with Gasteiger partial charge in [0.25, 0.3) is 0 Å². The molecular formula is C13H13ClF3N5. The van der Waals surface area contributed by atoms with Gasteiger partial charge < -0.3 is 9.47 Å². The monoisotopic (exact) mass is 331 g/mol. The van der Waals surface area contributed by atoms with Crippen LogP contribution in [0.3, 0.4) is 0 Å². The molecule has 0 spiro atoms. The van der Waals surface area contributed by atoms with E-state index in [1.807, 2.05) is 16.4 Å². The zero-order valence-corrected chi connectivity index (χ0v) is 12.5. The van der Waals surface area contributed by atoms with E-state index < -0.39 is 11.7 Å². The lowest BCUT2D eigenvalue weighted by Gasteiger charge is -2.29. The largest absolute Gasteiger partial charge is 0.417 e. The molecule has 0 bridgehead atoms. The van der Waals surface area contributed by atoms with E-state index in [1.165, 1.54) is 0 Å². The first kappa shape index (κ1) is 15.1. The number of hydrogen-bond acceptors (Lipinski definition) is 4. The van der Waals surface area contributed by atoms with Gasteiger partial charge in [0.05, 0.1) is 17.1 Å². The zero-order chi connectivity index (χ0) is 15.9. The van der Waals surface area contributed by atoms with Gasteiger partial charge in [-0.2, -0.15) is 13.2 Å². The fourth-order valence-corrected chi connectivity index (χ4v) is 2.76. The fraction of sp³-hybridized carbons (Fsp3) is 0.462. The maximum absolute atomic E-state index is 12.6. The normalized spacial score (nSPS) is 15.0. The first-order chi connectivity index (χ1) is 10.4. The second kappa shape index (κ2) is 5.42. The quantitative estimate of drug-likeness (QED) is 0.849. The molecule has 22 heavy (non-hydrogen) atoms. The van der Waals surface area contributed by atoms with Crippen LogP contribution in [0.5, 0.6) is 0 Å². The zero-order valence-electron chi connectivity index (χ0n) is 11.7. The highest BCUT2D eigenvalue weighted by atomic mass is 35.5. The number of nitrogens with zero attached hydrogens (tertiary/aromatic N) is 5. The lowest BCUT2D eigenvalue weighted by molar-refractivity contribution is -0.137. The van der Waals surface area contributed by atoms with Gasteiger partial charge in [-0.05, 0) is 6.07 Å². The van der Waals surface area contributed by atoms with Crippen LogP contribution < -0.4 is 4.90 Å². The Kier molecular flexibility index (Phi) is 3.72. The Labute approximate surface area is 129 Å². The second-order valence-corrected chi connectivity index (χ2v) is 5.39. The highest BCUT2D eigenvalue weighted by Crippen LogP contribution is 2.34. The van der Waals surface area contributed by atoms with Crippen LogP contribution in [0.4, 0.5) is 19.0 Å². The molecule has 1 aliphatic heterocycles. The van der Waals surface area contributed by atoms with Gasteiger partial charge >= 0.3 is 6.18 Å². The molecule has 0 unspecified atom stereocenters. The second-order valence-electron chi connectivity index (χ2n) is 4.99. The van der Waals surface area contributed by atoms with Gasteiger partial charge in [-0.1, -0.05) is 18.5 Å². The third kappa shape index (κ3) is 2.63. The summed E-state index contributed by atoms with van der Waals surface area (Å²) in [4.78, 5) is 5.70. The van der Waals surface area contributed by atoms with Crippen LogP contribution in [0.1, 0.15) is 24.1 Å². The third-order valence-electron chi connectivity index (χ3n) is 3.59. The van der Waals surface area contributed by atoms with Gasteiger partial charge in [-0.25, -0.2) is 4.98 Å². The molecule has 0 N–H and O–H groups in total. The molecule has 2 aromatic rings. The molecule has 0 aromatic carbocycles. The van der Waals surface area contributed by atoms with E-state index in [1.54, 1.807) is 0 Å². The number of rotatable bonds is 2. The van der Waals surface area contributed by atoms with Gasteiger partial charge in [0.2, 0.25) is 0 Å². The summed E-state index contributed by atoms with van der Waals surface area (Å²) >= 11 is 5.98. The number of hydrogen-bond donors (Lipinski definition) is 0. The number of pyridine rings is 1. The van der Waals surface area contributed by atoms with Gasteiger partial charge in [0.1, 0.15) is 11.6 Å². The Balaban J connectivity index is 1.87. The van der Waals surface area contributed by atoms with Crippen LogP contribution in [0.2, 0.25) is 5.02 Å². The molecule has 1 aliphatic rings. The minimum absolute atomic E-state index is 0.0153. The maximum atomic E-state index is 12.6. The summed E-state index contributed by atoms with van der Waals surface area (Å²) in [7, 11) is 0. The molecule has 0 atom stereocenters. The van der Waals surface area contributed by atoms with Gasteiger partial charge in [0.15, 0.2) is 5.82 Å². The van der Waals surface area contributed by atoms with Crippen molar-refractivity contribution in [3.63, 3.8) is 0 Å². The number of fused-ring (bicyclic) bond motifs is 1. The number of halogens is 4. The third-order valence-corrected chi connectivity index (χ3v) is 3.87. The van der Waals surface area contributed by atoms with E-state index in [-0.39, 0.29) is 5.02 Å². The Bertz CT molecular complexity index is 697. The standard InChI is InChI=1S/C13H13ClF3N5/c1-2-10-19-20-11-7-21(3-4-22(10)11)12-9(14)5-8(6-18-12)13(15,16)17/h5-6H,2-4,7H2,1H3. The van der Waals surface area contributed by atoms with Crippen molar-refractivity contribution < 1.29 is 13.2 Å². The van der Waals surface area contributed by atoms with E-state index in [9.17, 15) is 13.2 Å².